The molecule has 2 rings (SSSR count). The average Bonchev–Trinajstić information content (AvgIpc) is 2.79. The van der Waals surface area contributed by atoms with Crippen molar-refractivity contribution in [1.29, 1.82) is 5.26 Å². The Labute approximate surface area is 127 Å². The van der Waals surface area contributed by atoms with Crippen molar-refractivity contribution in [1.82, 2.24) is 0 Å². The summed E-state index contributed by atoms with van der Waals surface area (Å²) < 4.78 is 5.63. The Bertz CT molecular complexity index is 484. The molecule has 1 unspecified atom stereocenters. The lowest BCUT2D eigenvalue weighted by Gasteiger charge is -2.31. The predicted octanol–water partition coefficient (Wildman–Crippen LogP) is 4.37. The summed E-state index contributed by atoms with van der Waals surface area (Å²) in [5.41, 5.74) is 0.159. The molecule has 0 amide bonds. The van der Waals surface area contributed by atoms with Gasteiger partial charge in [0.2, 0.25) is 0 Å². The first-order valence-electron chi connectivity index (χ1n) is 8.04. The van der Waals surface area contributed by atoms with Gasteiger partial charge in [-0.1, -0.05) is 44.7 Å². The van der Waals surface area contributed by atoms with Crippen LogP contribution in [0.5, 0.6) is 5.75 Å². The van der Waals surface area contributed by atoms with Gasteiger partial charge >= 0.3 is 0 Å². The molecule has 1 atom stereocenters. The first kappa shape index (κ1) is 15.9. The lowest BCUT2D eigenvalue weighted by Crippen LogP contribution is -2.27. The second-order valence-corrected chi connectivity index (χ2v) is 6.01. The molecule has 0 saturated heterocycles. The second-order valence-electron chi connectivity index (χ2n) is 6.01. The summed E-state index contributed by atoms with van der Waals surface area (Å²) in [6.07, 6.45) is 6.16. The van der Waals surface area contributed by atoms with E-state index in [1.165, 1.54) is 0 Å². The van der Waals surface area contributed by atoms with Crippen molar-refractivity contribution in [3.63, 3.8) is 0 Å². The van der Waals surface area contributed by atoms with E-state index >= 15 is 0 Å². The van der Waals surface area contributed by atoms with Gasteiger partial charge in [-0.25, -0.2) is 0 Å². The molecule has 1 aromatic rings. The van der Waals surface area contributed by atoms with Crippen LogP contribution in [0.1, 0.15) is 63.5 Å². The minimum atomic E-state index is -0.731. The summed E-state index contributed by atoms with van der Waals surface area (Å²) in [6.45, 7) is 2.73. The van der Waals surface area contributed by atoms with E-state index in [2.05, 4.69) is 13.0 Å². The minimum absolute atomic E-state index is 0.639. The molecule has 3 nitrogen and oxygen atoms in total. The Balaban J connectivity index is 2.20. The number of nitrogens with zero attached hydrogens (tertiary/aromatic N) is 1. The molecule has 0 spiro atoms. The van der Waals surface area contributed by atoms with Crippen LogP contribution in [0.2, 0.25) is 0 Å². The zero-order valence-corrected chi connectivity index (χ0v) is 12.8. The van der Waals surface area contributed by atoms with E-state index < -0.39 is 11.5 Å². The zero-order valence-electron chi connectivity index (χ0n) is 12.8. The fraction of sp³-hybridized carbons (Fsp3) is 0.611. The van der Waals surface area contributed by atoms with Gasteiger partial charge in [0.05, 0.1) is 24.2 Å². The first-order valence-corrected chi connectivity index (χ1v) is 8.04. The van der Waals surface area contributed by atoms with Gasteiger partial charge in [0, 0.05) is 0 Å². The average molecular weight is 287 g/mol. The second kappa shape index (κ2) is 7.47. The first-order chi connectivity index (χ1) is 10.2. The highest BCUT2D eigenvalue weighted by Crippen LogP contribution is 2.45. The zero-order chi connectivity index (χ0) is 15.1. The number of aliphatic hydroxyl groups excluding tert-OH is 1. The van der Waals surface area contributed by atoms with Gasteiger partial charge in [0.25, 0.3) is 0 Å². The fourth-order valence-corrected chi connectivity index (χ4v) is 3.12. The molecular weight excluding hydrogens is 262 g/mol. The number of hydrogen-bond acceptors (Lipinski definition) is 3. The van der Waals surface area contributed by atoms with Crippen LogP contribution in [0, 0.1) is 16.7 Å². The van der Waals surface area contributed by atoms with Crippen LogP contribution in [-0.4, -0.2) is 11.7 Å². The molecule has 0 aromatic heterocycles. The number of hydrogen-bond donors (Lipinski definition) is 1. The molecule has 114 valence electrons. The molecule has 1 aliphatic rings. The maximum atomic E-state index is 10.8. The number of nitriles is 1. The van der Waals surface area contributed by atoms with E-state index in [0.717, 1.165) is 56.3 Å². The Kier molecular flexibility index (Phi) is 5.64. The van der Waals surface area contributed by atoms with E-state index in [1.807, 2.05) is 24.3 Å². The maximum Gasteiger partial charge on any atom is 0.119 e. The quantitative estimate of drug-likeness (QED) is 0.818. The molecule has 1 N–H and O–H groups in total. The van der Waals surface area contributed by atoms with Crippen molar-refractivity contribution in [2.45, 2.75) is 58.0 Å². The molecule has 0 aliphatic heterocycles. The third-order valence-electron chi connectivity index (χ3n) is 4.39. The third kappa shape index (κ3) is 3.77. The third-order valence-corrected chi connectivity index (χ3v) is 4.39. The van der Waals surface area contributed by atoms with Crippen LogP contribution in [0.25, 0.3) is 0 Å². The molecular formula is C18H25NO2. The van der Waals surface area contributed by atoms with E-state index in [9.17, 15) is 10.4 Å². The Morgan fingerprint density at radius 1 is 1.29 bits per heavy atom. The normalized spacial score (nSPS) is 19.3. The van der Waals surface area contributed by atoms with Crippen LogP contribution in [0.15, 0.2) is 24.3 Å². The lowest BCUT2D eigenvalue weighted by atomic mass is 9.74. The van der Waals surface area contributed by atoms with Crippen molar-refractivity contribution in [2.24, 2.45) is 5.41 Å². The van der Waals surface area contributed by atoms with Gasteiger partial charge in [-0.15, -0.1) is 0 Å². The highest BCUT2D eigenvalue weighted by atomic mass is 16.5. The molecule has 0 bridgehead atoms. The highest BCUT2D eigenvalue weighted by molar-refractivity contribution is 5.32. The van der Waals surface area contributed by atoms with E-state index in [4.69, 9.17) is 4.74 Å². The number of aliphatic hydroxyl groups is 1. The largest absolute Gasteiger partial charge is 0.494 e. The van der Waals surface area contributed by atoms with E-state index in [0.29, 0.717) is 6.61 Å². The lowest BCUT2D eigenvalue weighted by molar-refractivity contribution is 0.0514. The maximum absolute atomic E-state index is 10.8. The van der Waals surface area contributed by atoms with Crippen molar-refractivity contribution in [3.8, 4) is 11.8 Å². The van der Waals surface area contributed by atoms with Crippen LogP contribution < -0.4 is 4.74 Å². The van der Waals surface area contributed by atoms with Crippen molar-refractivity contribution in [3.05, 3.63) is 29.8 Å². The molecule has 1 aromatic carbocycles. The van der Waals surface area contributed by atoms with Gasteiger partial charge in [-0.3, -0.25) is 0 Å². The van der Waals surface area contributed by atoms with Crippen LogP contribution in [0.4, 0.5) is 0 Å². The number of ether oxygens (including phenoxy) is 1. The van der Waals surface area contributed by atoms with Crippen LogP contribution in [-0.2, 0) is 0 Å². The standard InChI is InChI=1S/C18H25NO2/c1-2-12-21-16-9-7-8-15(13-16)17(20)18(14-19)10-5-3-4-6-11-18/h7-9,13,17,20H,2-6,10-12H2,1H3. The molecule has 0 heterocycles. The summed E-state index contributed by atoms with van der Waals surface area (Å²) in [6, 6.07) is 10.00. The van der Waals surface area contributed by atoms with Gasteiger partial charge < -0.3 is 9.84 Å². The summed E-state index contributed by atoms with van der Waals surface area (Å²) in [7, 11) is 0. The molecule has 1 saturated carbocycles. The fourth-order valence-electron chi connectivity index (χ4n) is 3.12. The van der Waals surface area contributed by atoms with Crippen molar-refractivity contribution < 1.29 is 9.84 Å². The Hall–Kier alpha value is -1.53. The van der Waals surface area contributed by atoms with Crippen LogP contribution >= 0.6 is 0 Å². The summed E-state index contributed by atoms with van der Waals surface area (Å²) in [4.78, 5) is 0. The Morgan fingerprint density at radius 2 is 2.00 bits per heavy atom. The molecule has 1 aliphatic carbocycles. The van der Waals surface area contributed by atoms with Gasteiger partial charge in [0.1, 0.15) is 5.75 Å². The molecule has 0 radical (unpaired) electrons. The van der Waals surface area contributed by atoms with E-state index in [-0.39, 0.29) is 0 Å². The minimum Gasteiger partial charge on any atom is -0.494 e. The van der Waals surface area contributed by atoms with E-state index in [1.54, 1.807) is 0 Å². The van der Waals surface area contributed by atoms with Crippen LogP contribution in [0.3, 0.4) is 0 Å². The summed E-state index contributed by atoms with van der Waals surface area (Å²) in [5, 5.41) is 20.5. The molecule has 21 heavy (non-hydrogen) atoms. The number of rotatable bonds is 5. The molecule has 3 heteroatoms. The van der Waals surface area contributed by atoms with Gasteiger partial charge in [0.15, 0.2) is 0 Å². The topological polar surface area (TPSA) is 53.2 Å². The monoisotopic (exact) mass is 287 g/mol. The van der Waals surface area contributed by atoms with Gasteiger partial charge in [-0.05, 0) is 37.0 Å². The van der Waals surface area contributed by atoms with Crippen molar-refractivity contribution in [2.75, 3.05) is 6.61 Å². The summed E-state index contributed by atoms with van der Waals surface area (Å²) in [5.74, 6) is 0.773. The molecule has 1 fully saturated rings. The highest BCUT2D eigenvalue weighted by Gasteiger charge is 2.39. The number of benzene rings is 1. The van der Waals surface area contributed by atoms with Gasteiger partial charge in [-0.2, -0.15) is 5.26 Å². The Morgan fingerprint density at radius 3 is 2.62 bits per heavy atom. The predicted molar refractivity (Wildman–Crippen MR) is 82.9 cm³/mol. The van der Waals surface area contributed by atoms with Crippen molar-refractivity contribution >= 4 is 0 Å². The summed E-state index contributed by atoms with van der Waals surface area (Å²) >= 11 is 0. The smallest absolute Gasteiger partial charge is 0.119 e. The SMILES string of the molecule is CCCOc1cccc(C(O)C2(C#N)CCCCCC2)c1.